The van der Waals surface area contributed by atoms with Gasteiger partial charge in [-0.15, -0.1) is 0 Å². The lowest BCUT2D eigenvalue weighted by atomic mass is 9.95. The van der Waals surface area contributed by atoms with Crippen molar-refractivity contribution in [2.24, 2.45) is 5.92 Å². The maximum Gasteiger partial charge on any atom is 0.327 e. The van der Waals surface area contributed by atoms with Crippen LogP contribution in [0.15, 0.2) is 48.8 Å². The van der Waals surface area contributed by atoms with E-state index in [-0.39, 0.29) is 18.8 Å². The molecule has 6 rings (SSSR count). The minimum Gasteiger partial charge on any atom is -0.299 e. The van der Waals surface area contributed by atoms with Crippen molar-refractivity contribution in [2.75, 3.05) is 35.3 Å². The van der Waals surface area contributed by atoms with Crippen molar-refractivity contribution in [3.05, 3.63) is 65.7 Å². The zero-order valence-electron chi connectivity index (χ0n) is 21.4. The zero-order valence-corrected chi connectivity index (χ0v) is 22.2. The van der Waals surface area contributed by atoms with E-state index in [2.05, 4.69) is 33.1 Å². The number of anilines is 2. The van der Waals surface area contributed by atoms with E-state index in [0.29, 0.717) is 17.3 Å². The second kappa shape index (κ2) is 9.23. The topological polar surface area (TPSA) is 82.5 Å². The standard InChI is InChI=1S/C27H30F2N6O2S/c1-18-4-5-19(16-34-12-8-20(9-13-34)25-30-10-3-11-31-25)14-22(18)23-6-7-24-26(32-23)33(2)38(36,37)35(24)17-21-15-27(21,28)29/h3-7,10-11,14,20-21H,8-9,12-13,15-17H2,1-2H3. The predicted molar refractivity (Wildman–Crippen MR) is 141 cm³/mol. The van der Waals surface area contributed by atoms with Crippen LogP contribution in [-0.4, -0.2) is 60.9 Å². The summed E-state index contributed by atoms with van der Waals surface area (Å²) in [4.78, 5) is 16.0. The molecular formula is C27H30F2N6O2S. The number of aryl methyl sites for hydroxylation is 1. The first kappa shape index (κ1) is 25.1. The summed E-state index contributed by atoms with van der Waals surface area (Å²) < 4.78 is 55.2. The van der Waals surface area contributed by atoms with Gasteiger partial charge in [-0.25, -0.2) is 32.3 Å². The summed E-state index contributed by atoms with van der Waals surface area (Å²) in [6.07, 6.45) is 5.34. The highest BCUT2D eigenvalue weighted by molar-refractivity contribution is 7.94. The van der Waals surface area contributed by atoms with Gasteiger partial charge < -0.3 is 0 Å². The van der Waals surface area contributed by atoms with Gasteiger partial charge in [-0.05, 0) is 68.2 Å². The summed E-state index contributed by atoms with van der Waals surface area (Å²) in [6.45, 7) is 4.48. The smallest absolute Gasteiger partial charge is 0.299 e. The molecule has 38 heavy (non-hydrogen) atoms. The molecule has 0 spiro atoms. The van der Waals surface area contributed by atoms with Crippen LogP contribution in [0.25, 0.3) is 11.3 Å². The maximum absolute atomic E-state index is 13.5. The molecule has 1 atom stereocenters. The fraction of sp³-hybridized carbons (Fsp3) is 0.444. The lowest BCUT2D eigenvalue weighted by Gasteiger charge is -2.31. The summed E-state index contributed by atoms with van der Waals surface area (Å²) in [5, 5.41) is 0. The average molecular weight is 541 g/mol. The van der Waals surface area contributed by atoms with E-state index in [4.69, 9.17) is 4.98 Å². The second-order valence-electron chi connectivity index (χ2n) is 10.5. The number of piperidine rings is 1. The Morgan fingerprint density at radius 3 is 2.47 bits per heavy atom. The van der Waals surface area contributed by atoms with Crippen LogP contribution < -0.4 is 8.61 Å². The molecule has 0 N–H and O–H groups in total. The van der Waals surface area contributed by atoms with E-state index in [0.717, 1.165) is 63.6 Å². The van der Waals surface area contributed by atoms with Crippen LogP contribution in [0.5, 0.6) is 0 Å². The Hall–Kier alpha value is -3.18. The number of aromatic nitrogens is 3. The summed E-state index contributed by atoms with van der Waals surface area (Å²) in [5.41, 5.74) is 4.11. The first-order valence-electron chi connectivity index (χ1n) is 12.9. The molecule has 11 heteroatoms. The molecular weight excluding hydrogens is 510 g/mol. The molecule has 2 fully saturated rings. The number of nitrogens with zero attached hydrogens (tertiary/aromatic N) is 6. The van der Waals surface area contributed by atoms with Crippen LogP contribution in [0, 0.1) is 12.8 Å². The molecule has 1 saturated heterocycles. The van der Waals surface area contributed by atoms with E-state index >= 15 is 0 Å². The molecule has 4 heterocycles. The monoisotopic (exact) mass is 540 g/mol. The van der Waals surface area contributed by atoms with Gasteiger partial charge >= 0.3 is 10.2 Å². The van der Waals surface area contributed by atoms with E-state index < -0.39 is 22.0 Å². The molecule has 1 saturated carbocycles. The molecule has 2 aromatic heterocycles. The fourth-order valence-corrected chi connectivity index (χ4v) is 6.84. The average Bonchev–Trinajstić information content (AvgIpc) is 3.48. The molecule has 0 amide bonds. The molecule has 0 radical (unpaired) electrons. The molecule has 2 aliphatic heterocycles. The number of fused-ring (bicyclic) bond motifs is 1. The number of rotatable bonds is 6. The minimum absolute atomic E-state index is 0.241. The third-order valence-corrected chi connectivity index (χ3v) is 9.68. The Labute approximate surface area is 221 Å². The van der Waals surface area contributed by atoms with Crippen LogP contribution in [0.3, 0.4) is 0 Å². The Balaban J connectivity index is 1.20. The Morgan fingerprint density at radius 1 is 1.08 bits per heavy atom. The lowest BCUT2D eigenvalue weighted by Crippen LogP contribution is -2.37. The van der Waals surface area contributed by atoms with Gasteiger partial charge in [0, 0.05) is 56.4 Å². The summed E-state index contributed by atoms with van der Waals surface area (Å²) >= 11 is 0. The van der Waals surface area contributed by atoms with Crippen LogP contribution >= 0.6 is 0 Å². The van der Waals surface area contributed by atoms with E-state index in [1.165, 1.54) is 7.05 Å². The van der Waals surface area contributed by atoms with Crippen LogP contribution in [-0.2, 0) is 16.8 Å². The Kier molecular flexibility index (Phi) is 6.10. The third kappa shape index (κ3) is 4.51. The van der Waals surface area contributed by atoms with Crippen molar-refractivity contribution < 1.29 is 17.2 Å². The zero-order chi connectivity index (χ0) is 26.7. The molecule has 200 valence electrons. The van der Waals surface area contributed by atoms with E-state index in [1.54, 1.807) is 24.5 Å². The van der Waals surface area contributed by atoms with Gasteiger partial charge in [0.2, 0.25) is 0 Å². The van der Waals surface area contributed by atoms with Gasteiger partial charge in [0.25, 0.3) is 5.92 Å². The fourth-order valence-electron chi connectivity index (χ4n) is 5.43. The van der Waals surface area contributed by atoms with E-state index in [1.807, 2.05) is 13.0 Å². The number of pyridine rings is 1. The highest BCUT2D eigenvalue weighted by Crippen LogP contribution is 2.51. The van der Waals surface area contributed by atoms with Gasteiger partial charge in [-0.3, -0.25) is 4.90 Å². The van der Waals surface area contributed by atoms with Crippen molar-refractivity contribution in [1.82, 2.24) is 19.9 Å². The van der Waals surface area contributed by atoms with Crippen molar-refractivity contribution in [2.45, 2.75) is 44.6 Å². The normalized spacial score (nSPS) is 22.5. The van der Waals surface area contributed by atoms with Crippen molar-refractivity contribution >= 4 is 21.7 Å². The van der Waals surface area contributed by atoms with Crippen LogP contribution in [0.1, 0.15) is 42.1 Å². The first-order chi connectivity index (χ1) is 18.1. The van der Waals surface area contributed by atoms with Gasteiger partial charge in [0.05, 0.1) is 11.4 Å². The van der Waals surface area contributed by atoms with Crippen molar-refractivity contribution in [1.29, 1.82) is 0 Å². The summed E-state index contributed by atoms with van der Waals surface area (Å²) in [7, 11) is -2.52. The minimum atomic E-state index is -3.94. The molecule has 8 nitrogen and oxygen atoms in total. The number of hydrogen-bond acceptors (Lipinski definition) is 6. The van der Waals surface area contributed by atoms with Gasteiger partial charge in [-0.2, -0.15) is 8.42 Å². The molecule has 0 bridgehead atoms. The van der Waals surface area contributed by atoms with E-state index in [9.17, 15) is 17.2 Å². The summed E-state index contributed by atoms with van der Waals surface area (Å²) in [5.74, 6) is -2.19. The number of benzene rings is 1. The number of alkyl halides is 2. The molecule has 1 unspecified atom stereocenters. The quantitative estimate of drug-likeness (QED) is 0.462. The second-order valence-corrected chi connectivity index (χ2v) is 12.4. The molecule has 3 aliphatic rings. The van der Waals surface area contributed by atoms with Gasteiger partial charge in [0.15, 0.2) is 5.82 Å². The number of likely N-dealkylation sites (tertiary alicyclic amines) is 1. The van der Waals surface area contributed by atoms with Gasteiger partial charge in [0.1, 0.15) is 5.82 Å². The third-order valence-electron chi connectivity index (χ3n) is 7.91. The Morgan fingerprint density at radius 2 is 1.79 bits per heavy atom. The maximum atomic E-state index is 13.5. The predicted octanol–water partition coefficient (Wildman–Crippen LogP) is 4.38. The highest BCUT2D eigenvalue weighted by atomic mass is 32.2. The van der Waals surface area contributed by atoms with Crippen LogP contribution in [0.4, 0.5) is 20.3 Å². The van der Waals surface area contributed by atoms with Crippen LogP contribution in [0.2, 0.25) is 0 Å². The molecule has 1 aromatic carbocycles. The Bertz CT molecular complexity index is 1460. The highest BCUT2D eigenvalue weighted by Gasteiger charge is 2.59. The number of halogens is 2. The van der Waals surface area contributed by atoms with Gasteiger partial charge in [-0.1, -0.05) is 12.1 Å². The van der Waals surface area contributed by atoms with Crippen molar-refractivity contribution in [3.8, 4) is 11.3 Å². The lowest BCUT2D eigenvalue weighted by molar-refractivity contribution is 0.101. The SMILES string of the molecule is Cc1ccc(CN2CCC(c3ncccn3)CC2)cc1-c1ccc2c(n1)N(C)S(=O)(=O)N2CC1CC1(F)F. The molecule has 1 aliphatic carbocycles. The van der Waals surface area contributed by atoms with Crippen molar-refractivity contribution in [3.63, 3.8) is 0 Å². The largest absolute Gasteiger partial charge is 0.327 e. The molecule has 3 aromatic rings. The number of hydrogen-bond donors (Lipinski definition) is 0. The first-order valence-corrected chi connectivity index (χ1v) is 14.3. The summed E-state index contributed by atoms with van der Waals surface area (Å²) in [6, 6.07) is 11.6.